The van der Waals surface area contributed by atoms with Gasteiger partial charge in [0.05, 0.1) is 18.7 Å². The number of likely N-dealkylation sites (N-methyl/N-ethyl adjacent to an activating group) is 1. The molecule has 0 N–H and O–H groups in total. The Hall–Kier alpha value is -2.77. The van der Waals surface area contributed by atoms with Crippen LogP contribution in [0.3, 0.4) is 0 Å². The van der Waals surface area contributed by atoms with Crippen LogP contribution < -0.4 is 4.90 Å². The summed E-state index contributed by atoms with van der Waals surface area (Å²) in [4.78, 5) is 28.3. The second-order valence-corrected chi connectivity index (χ2v) is 8.17. The number of ether oxygens (including phenoxy) is 2. The number of hydrogen-bond donors (Lipinski definition) is 0. The van der Waals surface area contributed by atoms with Gasteiger partial charge in [-0.25, -0.2) is 9.59 Å². The molecule has 0 spiro atoms. The Morgan fingerprint density at radius 2 is 2.00 bits per heavy atom. The van der Waals surface area contributed by atoms with Gasteiger partial charge in [0, 0.05) is 44.5 Å². The van der Waals surface area contributed by atoms with Crippen LogP contribution in [0.15, 0.2) is 18.3 Å². The van der Waals surface area contributed by atoms with Crippen molar-refractivity contribution in [1.29, 1.82) is 0 Å². The smallest absolute Gasteiger partial charge is 0.410 e. The van der Waals surface area contributed by atoms with Crippen molar-refractivity contribution < 1.29 is 19.1 Å². The van der Waals surface area contributed by atoms with Crippen molar-refractivity contribution in [2.75, 3.05) is 32.1 Å². The summed E-state index contributed by atoms with van der Waals surface area (Å²) in [6.45, 7) is 7.09. The Kier molecular flexibility index (Phi) is 5.23. The number of carbonyl (C=O) groups is 2. The minimum absolute atomic E-state index is 0.0573. The number of aromatic nitrogens is 2. The Morgan fingerprint density at radius 3 is 2.64 bits per heavy atom. The molecule has 1 fully saturated rings. The average molecular weight is 388 g/mol. The summed E-state index contributed by atoms with van der Waals surface area (Å²) in [5, 5.41) is 5.34. The molecule has 1 aromatic carbocycles. The summed E-state index contributed by atoms with van der Waals surface area (Å²) in [6, 6.07) is 3.73. The third-order valence-corrected chi connectivity index (χ3v) is 4.91. The molecule has 1 atom stereocenters. The first-order chi connectivity index (χ1) is 13.1. The number of esters is 1. The molecule has 8 heteroatoms. The molecule has 1 aromatic heterocycles. The lowest BCUT2D eigenvalue weighted by atomic mass is 10.1. The highest BCUT2D eigenvalue weighted by Crippen LogP contribution is 2.32. The van der Waals surface area contributed by atoms with Gasteiger partial charge in [0.15, 0.2) is 0 Å². The van der Waals surface area contributed by atoms with Gasteiger partial charge < -0.3 is 19.3 Å². The van der Waals surface area contributed by atoms with Crippen molar-refractivity contribution in [3.63, 3.8) is 0 Å². The van der Waals surface area contributed by atoms with Gasteiger partial charge in [-0.3, -0.25) is 4.68 Å². The van der Waals surface area contributed by atoms with E-state index in [2.05, 4.69) is 10.00 Å². The Balaban J connectivity index is 1.83. The van der Waals surface area contributed by atoms with E-state index in [0.29, 0.717) is 17.6 Å². The summed E-state index contributed by atoms with van der Waals surface area (Å²) in [7, 11) is 4.97. The van der Waals surface area contributed by atoms with Gasteiger partial charge in [0.25, 0.3) is 0 Å². The standard InChI is InChI=1S/C20H28N4O4/c1-20(2,3)28-19(26)23(5)13-9-10-24(11-13)16-8-7-14(18(25)27-6)17-15(16)12-22(4)21-17/h7-8,12-13H,9-11H2,1-6H3/t13-/m0/s1. The van der Waals surface area contributed by atoms with E-state index in [4.69, 9.17) is 9.47 Å². The fourth-order valence-corrected chi connectivity index (χ4v) is 3.52. The molecule has 0 saturated carbocycles. The van der Waals surface area contributed by atoms with Gasteiger partial charge in [-0.2, -0.15) is 5.10 Å². The minimum Gasteiger partial charge on any atom is -0.465 e. The van der Waals surface area contributed by atoms with E-state index >= 15 is 0 Å². The van der Waals surface area contributed by atoms with E-state index < -0.39 is 11.6 Å². The zero-order valence-corrected chi connectivity index (χ0v) is 17.4. The average Bonchev–Trinajstić information content (AvgIpc) is 3.24. The highest BCUT2D eigenvalue weighted by atomic mass is 16.6. The lowest BCUT2D eigenvalue weighted by Gasteiger charge is -2.29. The van der Waals surface area contributed by atoms with Crippen LogP contribution in [0.2, 0.25) is 0 Å². The maximum absolute atomic E-state index is 12.4. The van der Waals surface area contributed by atoms with Crippen LogP contribution in [0.4, 0.5) is 10.5 Å². The lowest BCUT2D eigenvalue weighted by Crippen LogP contribution is -2.42. The summed E-state index contributed by atoms with van der Waals surface area (Å²) in [5.74, 6) is -0.404. The second kappa shape index (κ2) is 7.33. The van der Waals surface area contributed by atoms with Gasteiger partial charge in [0.2, 0.25) is 0 Å². The molecule has 0 radical (unpaired) electrons. The largest absolute Gasteiger partial charge is 0.465 e. The predicted octanol–water partition coefficient (Wildman–Crippen LogP) is 2.81. The van der Waals surface area contributed by atoms with Crippen LogP contribution in [0.1, 0.15) is 37.6 Å². The number of methoxy groups -OCH3 is 1. The SMILES string of the molecule is COC(=O)c1ccc(N2CC[C@H](N(C)C(=O)OC(C)(C)C)C2)c2cn(C)nc12. The van der Waals surface area contributed by atoms with Crippen LogP contribution in [0.5, 0.6) is 0 Å². The zero-order valence-electron chi connectivity index (χ0n) is 17.4. The quantitative estimate of drug-likeness (QED) is 0.753. The van der Waals surface area contributed by atoms with Gasteiger partial charge in [-0.1, -0.05) is 0 Å². The Labute approximate surface area is 165 Å². The van der Waals surface area contributed by atoms with Gasteiger partial charge in [-0.15, -0.1) is 0 Å². The number of hydrogen-bond acceptors (Lipinski definition) is 6. The summed E-state index contributed by atoms with van der Waals surface area (Å²) in [6.07, 6.45) is 2.44. The zero-order chi connectivity index (χ0) is 20.6. The first-order valence-corrected chi connectivity index (χ1v) is 9.36. The molecule has 0 bridgehead atoms. The Morgan fingerprint density at radius 1 is 1.29 bits per heavy atom. The van der Waals surface area contributed by atoms with Crippen molar-refractivity contribution in [3.05, 3.63) is 23.9 Å². The third kappa shape index (κ3) is 3.90. The monoisotopic (exact) mass is 388 g/mol. The molecule has 152 valence electrons. The molecule has 8 nitrogen and oxygen atoms in total. The molecule has 1 aliphatic heterocycles. The van der Waals surface area contributed by atoms with Gasteiger partial charge in [0.1, 0.15) is 11.1 Å². The molecular formula is C20H28N4O4. The number of fused-ring (bicyclic) bond motifs is 1. The molecule has 1 amide bonds. The van der Waals surface area contributed by atoms with Crippen LogP contribution in [-0.2, 0) is 16.5 Å². The first-order valence-electron chi connectivity index (χ1n) is 9.36. The van der Waals surface area contributed by atoms with Crippen molar-refractivity contribution in [2.45, 2.75) is 38.8 Å². The fourth-order valence-electron chi connectivity index (χ4n) is 3.52. The van der Waals surface area contributed by atoms with Gasteiger partial charge in [-0.05, 0) is 39.3 Å². The van der Waals surface area contributed by atoms with Crippen LogP contribution in [0, 0.1) is 0 Å². The number of anilines is 1. The fraction of sp³-hybridized carbons (Fsp3) is 0.550. The van der Waals surface area contributed by atoms with Crippen LogP contribution in [-0.4, -0.2) is 65.6 Å². The molecule has 28 heavy (non-hydrogen) atoms. The molecule has 2 heterocycles. The third-order valence-electron chi connectivity index (χ3n) is 4.91. The predicted molar refractivity (Wildman–Crippen MR) is 107 cm³/mol. The van der Waals surface area contributed by atoms with Crippen molar-refractivity contribution in [2.24, 2.45) is 7.05 Å². The molecule has 1 saturated heterocycles. The van der Waals surface area contributed by atoms with Crippen LogP contribution >= 0.6 is 0 Å². The summed E-state index contributed by atoms with van der Waals surface area (Å²) < 4.78 is 12.1. The minimum atomic E-state index is -0.519. The Bertz CT molecular complexity index is 899. The van der Waals surface area contributed by atoms with Crippen molar-refractivity contribution >= 4 is 28.7 Å². The first kappa shape index (κ1) is 20.0. The van der Waals surface area contributed by atoms with Gasteiger partial charge >= 0.3 is 12.1 Å². The van der Waals surface area contributed by atoms with E-state index in [1.807, 2.05) is 40.1 Å². The number of benzene rings is 1. The molecule has 2 aromatic rings. The highest BCUT2D eigenvalue weighted by Gasteiger charge is 2.32. The van der Waals surface area contributed by atoms with E-state index in [-0.39, 0.29) is 12.1 Å². The molecular weight excluding hydrogens is 360 g/mol. The molecule has 0 unspecified atom stereocenters. The number of carbonyl (C=O) groups excluding carboxylic acids is 2. The number of aryl methyl sites for hydroxylation is 1. The number of amides is 1. The van der Waals surface area contributed by atoms with E-state index in [0.717, 1.165) is 24.0 Å². The number of nitrogens with zero attached hydrogens (tertiary/aromatic N) is 4. The van der Waals surface area contributed by atoms with Crippen LogP contribution in [0.25, 0.3) is 10.9 Å². The van der Waals surface area contributed by atoms with Crippen molar-refractivity contribution in [1.82, 2.24) is 14.7 Å². The van der Waals surface area contributed by atoms with E-state index in [9.17, 15) is 9.59 Å². The maximum Gasteiger partial charge on any atom is 0.410 e. The second-order valence-electron chi connectivity index (χ2n) is 8.17. The molecule has 0 aliphatic carbocycles. The molecule has 3 rings (SSSR count). The highest BCUT2D eigenvalue weighted by molar-refractivity contribution is 6.06. The summed E-state index contributed by atoms with van der Waals surface area (Å²) in [5.41, 5.74) is 1.55. The van der Waals surface area contributed by atoms with Crippen molar-refractivity contribution in [3.8, 4) is 0 Å². The maximum atomic E-state index is 12.4. The van der Waals surface area contributed by atoms with E-state index in [1.54, 1.807) is 22.7 Å². The normalized spacial score (nSPS) is 17.1. The topological polar surface area (TPSA) is 76.9 Å². The molecule has 1 aliphatic rings. The van der Waals surface area contributed by atoms with E-state index in [1.165, 1.54) is 7.11 Å². The number of rotatable bonds is 3. The lowest BCUT2D eigenvalue weighted by molar-refractivity contribution is 0.0237. The summed E-state index contributed by atoms with van der Waals surface area (Å²) >= 11 is 0.